The average molecular weight is 399 g/mol. The lowest BCUT2D eigenvalue weighted by Crippen LogP contribution is -2.43. The lowest BCUT2D eigenvalue weighted by molar-refractivity contribution is 0.0162. The van der Waals surface area contributed by atoms with Gasteiger partial charge in [-0.05, 0) is 55.8 Å². The second-order valence-corrected chi connectivity index (χ2v) is 7.34. The molecule has 1 fully saturated rings. The van der Waals surface area contributed by atoms with Crippen LogP contribution in [-0.4, -0.2) is 56.9 Å². The van der Waals surface area contributed by atoms with Crippen molar-refractivity contribution in [2.24, 2.45) is 0 Å². The lowest BCUT2D eigenvalue weighted by atomic mass is 10.0. The van der Waals surface area contributed by atoms with E-state index in [1.54, 1.807) is 19.2 Å². The number of carbonyl (C=O) groups is 1. The number of nitrogens with zero attached hydrogens (tertiary/aromatic N) is 1. The van der Waals surface area contributed by atoms with E-state index in [0.717, 1.165) is 30.2 Å². The summed E-state index contributed by atoms with van der Waals surface area (Å²) in [6.45, 7) is 7.57. The second-order valence-electron chi connectivity index (χ2n) is 7.34. The molecule has 1 amide bonds. The molecule has 0 radical (unpaired) electrons. The molecule has 2 aromatic rings. The van der Waals surface area contributed by atoms with Gasteiger partial charge in [0.2, 0.25) is 0 Å². The molecule has 1 saturated heterocycles. The van der Waals surface area contributed by atoms with Gasteiger partial charge < -0.3 is 19.5 Å². The highest BCUT2D eigenvalue weighted by atomic mass is 16.5. The number of benzene rings is 2. The Kier molecular flexibility index (Phi) is 7.49. The number of hydrogen-bond donors (Lipinski definition) is 1. The Labute approximate surface area is 172 Å². The van der Waals surface area contributed by atoms with Crippen molar-refractivity contribution in [2.75, 3.05) is 40.0 Å². The van der Waals surface area contributed by atoms with Gasteiger partial charge in [0.05, 0.1) is 32.5 Å². The number of nitrogens with one attached hydrogen (secondary N) is 1. The Bertz CT molecular complexity index is 768. The van der Waals surface area contributed by atoms with Gasteiger partial charge in [0.15, 0.2) is 0 Å². The van der Waals surface area contributed by atoms with Gasteiger partial charge in [0.25, 0.3) is 5.91 Å². The Morgan fingerprint density at radius 1 is 1.03 bits per heavy atom. The smallest absolute Gasteiger partial charge is 0.251 e. The third kappa shape index (κ3) is 5.95. The minimum Gasteiger partial charge on any atom is -0.497 e. The summed E-state index contributed by atoms with van der Waals surface area (Å²) in [5, 5.41) is 3.09. The Morgan fingerprint density at radius 2 is 1.66 bits per heavy atom. The fourth-order valence-corrected chi connectivity index (χ4v) is 3.42. The van der Waals surface area contributed by atoms with Crippen molar-refractivity contribution < 1.29 is 19.0 Å². The second kappa shape index (κ2) is 10.3. The van der Waals surface area contributed by atoms with Gasteiger partial charge in [0, 0.05) is 25.2 Å². The van der Waals surface area contributed by atoms with Gasteiger partial charge in [-0.15, -0.1) is 0 Å². The summed E-state index contributed by atoms with van der Waals surface area (Å²) < 4.78 is 16.4. The zero-order chi connectivity index (χ0) is 20.6. The summed E-state index contributed by atoms with van der Waals surface area (Å²) >= 11 is 0. The van der Waals surface area contributed by atoms with E-state index in [4.69, 9.17) is 14.2 Å². The zero-order valence-corrected chi connectivity index (χ0v) is 17.4. The first kappa shape index (κ1) is 21.1. The van der Waals surface area contributed by atoms with E-state index in [-0.39, 0.29) is 18.1 Å². The van der Waals surface area contributed by atoms with Crippen LogP contribution in [0.5, 0.6) is 11.5 Å². The van der Waals surface area contributed by atoms with Crippen LogP contribution < -0.4 is 14.8 Å². The predicted octanol–water partition coefficient (Wildman–Crippen LogP) is 3.29. The molecule has 1 atom stereocenters. The molecular weight excluding hydrogens is 368 g/mol. The summed E-state index contributed by atoms with van der Waals surface area (Å²) in [4.78, 5) is 15.0. The first-order valence-corrected chi connectivity index (χ1v) is 10.1. The topological polar surface area (TPSA) is 60.0 Å². The van der Waals surface area contributed by atoms with Crippen LogP contribution in [0.3, 0.4) is 0 Å². The molecule has 156 valence electrons. The quantitative estimate of drug-likeness (QED) is 0.739. The van der Waals surface area contributed by atoms with Crippen molar-refractivity contribution in [3.8, 4) is 11.5 Å². The van der Waals surface area contributed by atoms with Crippen molar-refractivity contribution in [3.05, 3.63) is 59.7 Å². The molecule has 29 heavy (non-hydrogen) atoms. The highest BCUT2D eigenvalue weighted by Crippen LogP contribution is 2.24. The van der Waals surface area contributed by atoms with Gasteiger partial charge in [0.1, 0.15) is 11.5 Å². The van der Waals surface area contributed by atoms with E-state index in [2.05, 4.69) is 22.3 Å². The minimum absolute atomic E-state index is 0.0808. The molecule has 6 heteroatoms. The molecule has 0 aliphatic carbocycles. The average Bonchev–Trinajstić information content (AvgIpc) is 2.75. The van der Waals surface area contributed by atoms with Gasteiger partial charge >= 0.3 is 0 Å². The van der Waals surface area contributed by atoms with Crippen LogP contribution in [0.15, 0.2) is 48.5 Å². The summed E-state index contributed by atoms with van der Waals surface area (Å²) in [7, 11) is 1.66. The van der Waals surface area contributed by atoms with Gasteiger partial charge in [-0.1, -0.05) is 12.1 Å². The fraction of sp³-hybridized carbons (Fsp3) is 0.435. The molecule has 0 aromatic heterocycles. The van der Waals surface area contributed by atoms with Crippen molar-refractivity contribution in [2.45, 2.75) is 26.0 Å². The molecule has 1 heterocycles. The third-order valence-corrected chi connectivity index (χ3v) is 4.93. The monoisotopic (exact) mass is 398 g/mol. The number of morpholine rings is 1. The highest BCUT2D eigenvalue weighted by Gasteiger charge is 2.23. The normalized spacial score (nSPS) is 15.7. The van der Waals surface area contributed by atoms with Crippen molar-refractivity contribution >= 4 is 5.91 Å². The number of amides is 1. The highest BCUT2D eigenvalue weighted by molar-refractivity contribution is 5.94. The van der Waals surface area contributed by atoms with Crippen molar-refractivity contribution in [1.29, 1.82) is 0 Å². The molecule has 1 aliphatic rings. The van der Waals surface area contributed by atoms with Crippen molar-refractivity contribution in [1.82, 2.24) is 10.2 Å². The Hall–Kier alpha value is -2.57. The maximum atomic E-state index is 12.7. The number of carbonyl (C=O) groups excluding carboxylic acids is 1. The molecule has 0 spiro atoms. The lowest BCUT2D eigenvalue weighted by Gasteiger charge is -2.35. The van der Waals surface area contributed by atoms with Crippen LogP contribution in [0.4, 0.5) is 0 Å². The molecule has 1 aliphatic heterocycles. The number of ether oxygens (including phenoxy) is 3. The SMILES string of the molecule is COc1ccc([C@H](CNC(=O)c2ccc(OC(C)C)cc2)N2CCOCC2)cc1. The van der Waals surface area contributed by atoms with Crippen LogP contribution in [0.1, 0.15) is 35.8 Å². The maximum Gasteiger partial charge on any atom is 0.251 e. The van der Waals surface area contributed by atoms with E-state index < -0.39 is 0 Å². The van der Waals surface area contributed by atoms with E-state index >= 15 is 0 Å². The Balaban J connectivity index is 1.67. The molecule has 6 nitrogen and oxygen atoms in total. The summed E-state index contributed by atoms with van der Waals surface area (Å²) in [6.07, 6.45) is 0.105. The van der Waals surface area contributed by atoms with Crippen molar-refractivity contribution in [3.63, 3.8) is 0 Å². The molecule has 0 bridgehead atoms. The molecule has 2 aromatic carbocycles. The first-order valence-electron chi connectivity index (χ1n) is 10.1. The van der Waals surface area contributed by atoms with E-state index in [9.17, 15) is 4.79 Å². The van der Waals surface area contributed by atoms with Gasteiger partial charge in [-0.2, -0.15) is 0 Å². The standard InChI is InChI=1S/C23H30N2O4/c1-17(2)29-21-10-6-19(7-11-21)23(26)24-16-22(25-12-14-28-15-13-25)18-4-8-20(27-3)9-5-18/h4-11,17,22H,12-16H2,1-3H3,(H,24,26)/t22-/m0/s1. The third-order valence-electron chi connectivity index (χ3n) is 4.93. The van der Waals surface area contributed by atoms with Crippen LogP contribution in [0, 0.1) is 0 Å². The summed E-state index contributed by atoms with van der Waals surface area (Å²) in [5.74, 6) is 1.50. The molecule has 1 N–H and O–H groups in total. The van der Waals surface area contributed by atoms with Crippen LogP contribution in [0.2, 0.25) is 0 Å². The van der Waals surface area contributed by atoms with Gasteiger partial charge in [-0.3, -0.25) is 9.69 Å². The van der Waals surface area contributed by atoms with E-state index in [0.29, 0.717) is 25.3 Å². The minimum atomic E-state index is -0.0899. The number of hydrogen-bond acceptors (Lipinski definition) is 5. The number of rotatable bonds is 8. The van der Waals surface area contributed by atoms with Crippen LogP contribution in [-0.2, 0) is 4.74 Å². The maximum absolute atomic E-state index is 12.7. The molecule has 0 saturated carbocycles. The summed E-state index contributed by atoms with van der Waals surface area (Å²) in [6, 6.07) is 15.4. The predicted molar refractivity (Wildman–Crippen MR) is 113 cm³/mol. The fourth-order valence-electron chi connectivity index (χ4n) is 3.42. The summed E-state index contributed by atoms with van der Waals surface area (Å²) in [5.41, 5.74) is 1.77. The molecular formula is C23H30N2O4. The van der Waals surface area contributed by atoms with E-state index in [1.165, 1.54) is 0 Å². The number of methoxy groups -OCH3 is 1. The first-order chi connectivity index (χ1) is 14.1. The molecule has 3 rings (SSSR count). The van der Waals surface area contributed by atoms with Gasteiger partial charge in [-0.25, -0.2) is 0 Å². The van der Waals surface area contributed by atoms with Crippen LogP contribution >= 0.6 is 0 Å². The Morgan fingerprint density at radius 3 is 2.24 bits per heavy atom. The van der Waals surface area contributed by atoms with E-state index in [1.807, 2.05) is 38.1 Å². The largest absolute Gasteiger partial charge is 0.497 e. The van der Waals surface area contributed by atoms with Crippen LogP contribution in [0.25, 0.3) is 0 Å². The molecule has 0 unspecified atom stereocenters. The zero-order valence-electron chi connectivity index (χ0n) is 17.4.